The number of nitrogens with one attached hydrogen (secondary N) is 3. The molecule has 0 radical (unpaired) electrons. The van der Waals surface area contributed by atoms with Crippen LogP contribution < -0.4 is 20.7 Å². The molecule has 2 rings (SSSR count). The molecule has 3 N–H and O–H groups in total. The second kappa shape index (κ2) is 10.1. The molecule has 0 aliphatic carbocycles. The first kappa shape index (κ1) is 19.4. The Hall–Kier alpha value is -2.97. The number of amides is 2. The Balaban J connectivity index is 1.83. The topological polar surface area (TPSA) is 62.4 Å². The highest BCUT2D eigenvalue weighted by Gasteiger charge is 2.04. The summed E-state index contributed by atoms with van der Waals surface area (Å²) in [5.41, 5.74) is 2.95. The van der Waals surface area contributed by atoms with Crippen LogP contribution in [-0.4, -0.2) is 18.7 Å². The van der Waals surface area contributed by atoms with E-state index >= 15 is 0 Å². The van der Waals surface area contributed by atoms with Gasteiger partial charge >= 0.3 is 6.03 Å². The SMILES string of the molecule is C#CCOc1ccccc1CNCc1ccc(NC(=O)NC(C)C)cc1. The molecule has 0 aliphatic heterocycles. The van der Waals surface area contributed by atoms with Gasteiger partial charge in [0.15, 0.2) is 0 Å². The minimum atomic E-state index is -0.200. The molecule has 0 saturated carbocycles. The maximum absolute atomic E-state index is 11.7. The molecule has 2 aromatic rings. The molecule has 5 nitrogen and oxygen atoms in total. The number of anilines is 1. The van der Waals surface area contributed by atoms with E-state index in [-0.39, 0.29) is 18.7 Å². The minimum absolute atomic E-state index is 0.103. The van der Waals surface area contributed by atoms with Crippen LogP contribution in [0.4, 0.5) is 10.5 Å². The molecule has 136 valence electrons. The van der Waals surface area contributed by atoms with Crippen LogP contribution in [0.25, 0.3) is 0 Å². The van der Waals surface area contributed by atoms with Crippen LogP contribution in [0.3, 0.4) is 0 Å². The van der Waals surface area contributed by atoms with Gasteiger partial charge in [0.05, 0.1) is 0 Å². The van der Waals surface area contributed by atoms with Crippen molar-refractivity contribution >= 4 is 11.7 Å². The molecular formula is C21H25N3O2. The van der Waals surface area contributed by atoms with Gasteiger partial charge in [-0.15, -0.1) is 6.42 Å². The lowest BCUT2D eigenvalue weighted by Gasteiger charge is -2.12. The fourth-order valence-electron chi connectivity index (χ4n) is 2.39. The zero-order chi connectivity index (χ0) is 18.8. The summed E-state index contributed by atoms with van der Waals surface area (Å²) in [5, 5.41) is 8.99. The number of ether oxygens (including phenoxy) is 1. The van der Waals surface area contributed by atoms with Crippen LogP contribution in [0.1, 0.15) is 25.0 Å². The third-order valence-electron chi connectivity index (χ3n) is 3.56. The maximum atomic E-state index is 11.7. The van der Waals surface area contributed by atoms with Crippen LogP contribution in [-0.2, 0) is 13.1 Å². The van der Waals surface area contributed by atoms with Crippen LogP contribution >= 0.6 is 0 Å². The fourth-order valence-corrected chi connectivity index (χ4v) is 2.39. The first-order valence-electron chi connectivity index (χ1n) is 8.60. The van der Waals surface area contributed by atoms with E-state index in [4.69, 9.17) is 11.2 Å². The molecule has 0 heterocycles. The van der Waals surface area contributed by atoms with E-state index in [1.807, 2.05) is 62.4 Å². The van der Waals surface area contributed by atoms with Gasteiger partial charge in [-0.05, 0) is 37.6 Å². The first-order valence-corrected chi connectivity index (χ1v) is 8.60. The van der Waals surface area contributed by atoms with E-state index in [9.17, 15) is 4.79 Å². The molecule has 0 saturated heterocycles. The Kier molecular flexibility index (Phi) is 7.53. The standard InChI is InChI=1S/C21H25N3O2/c1-4-13-26-20-8-6-5-7-18(20)15-22-14-17-9-11-19(12-10-17)24-21(25)23-16(2)3/h1,5-12,16,22H,13-15H2,2-3H3,(H2,23,24,25). The third-order valence-corrected chi connectivity index (χ3v) is 3.56. The maximum Gasteiger partial charge on any atom is 0.319 e. The van der Waals surface area contributed by atoms with Crippen molar-refractivity contribution < 1.29 is 9.53 Å². The zero-order valence-corrected chi connectivity index (χ0v) is 15.2. The van der Waals surface area contributed by atoms with E-state index in [0.29, 0.717) is 13.1 Å². The van der Waals surface area contributed by atoms with Gasteiger partial charge in [-0.25, -0.2) is 4.79 Å². The van der Waals surface area contributed by atoms with Gasteiger partial charge in [0.25, 0.3) is 0 Å². The van der Waals surface area contributed by atoms with Crippen molar-refractivity contribution in [2.45, 2.75) is 33.0 Å². The number of hydrogen-bond acceptors (Lipinski definition) is 3. The van der Waals surface area contributed by atoms with E-state index in [1.165, 1.54) is 0 Å². The molecule has 0 spiro atoms. The lowest BCUT2D eigenvalue weighted by Crippen LogP contribution is -2.34. The normalized spacial score (nSPS) is 10.2. The predicted molar refractivity (Wildman–Crippen MR) is 105 cm³/mol. The number of urea groups is 1. The largest absolute Gasteiger partial charge is 0.481 e. The summed E-state index contributed by atoms with van der Waals surface area (Å²) >= 11 is 0. The van der Waals surface area contributed by atoms with E-state index < -0.39 is 0 Å². The summed E-state index contributed by atoms with van der Waals surface area (Å²) in [6, 6.07) is 15.5. The highest BCUT2D eigenvalue weighted by atomic mass is 16.5. The number of para-hydroxylation sites is 1. The summed E-state index contributed by atoms with van der Waals surface area (Å²) in [5.74, 6) is 3.28. The van der Waals surface area contributed by atoms with Crippen molar-refractivity contribution in [1.82, 2.24) is 10.6 Å². The smallest absolute Gasteiger partial charge is 0.319 e. The predicted octanol–water partition coefficient (Wildman–Crippen LogP) is 3.52. The summed E-state index contributed by atoms with van der Waals surface area (Å²) in [7, 11) is 0. The molecule has 0 atom stereocenters. The molecule has 2 amide bonds. The monoisotopic (exact) mass is 351 g/mol. The van der Waals surface area contributed by atoms with Gasteiger partial charge < -0.3 is 20.7 Å². The number of carbonyl (C=O) groups excluding carboxylic acids is 1. The molecule has 26 heavy (non-hydrogen) atoms. The van der Waals surface area contributed by atoms with Gasteiger partial charge in [0, 0.05) is 30.4 Å². The molecule has 0 aliphatic rings. The van der Waals surface area contributed by atoms with Gasteiger partial charge in [-0.3, -0.25) is 0 Å². The van der Waals surface area contributed by atoms with E-state index in [1.54, 1.807) is 0 Å². The Morgan fingerprint density at radius 2 is 1.85 bits per heavy atom. The Morgan fingerprint density at radius 3 is 2.54 bits per heavy atom. The van der Waals surface area contributed by atoms with Crippen LogP contribution in [0, 0.1) is 12.3 Å². The van der Waals surface area contributed by atoms with Gasteiger partial charge in [0.1, 0.15) is 12.4 Å². The van der Waals surface area contributed by atoms with Gasteiger partial charge in [-0.1, -0.05) is 36.3 Å². The number of hydrogen-bond donors (Lipinski definition) is 3. The van der Waals surface area contributed by atoms with Crippen molar-refractivity contribution in [3.63, 3.8) is 0 Å². The summed E-state index contributed by atoms with van der Waals surface area (Å²) < 4.78 is 5.55. The number of terminal acetylenes is 1. The van der Waals surface area contributed by atoms with Crippen molar-refractivity contribution in [3.8, 4) is 18.1 Å². The third kappa shape index (κ3) is 6.50. The Bertz CT molecular complexity index is 749. The number of rotatable bonds is 8. The summed E-state index contributed by atoms with van der Waals surface area (Å²) in [4.78, 5) is 11.7. The Morgan fingerprint density at radius 1 is 1.12 bits per heavy atom. The molecule has 0 unspecified atom stereocenters. The van der Waals surface area contributed by atoms with Crippen molar-refractivity contribution in [2.75, 3.05) is 11.9 Å². The van der Waals surface area contributed by atoms with Crippen LogP contribution in [0.15, 0.2) is 48.5 Å². The number of benzene rings is 2. The molecule has 2 aromatic carbocycles. The van der Waals surface area contributed by atoms with Gasteiger partial charge in [-0.2, -0.15) is 0 Å². The molecular weight excluding hydrogens is 326 g/mol. The second-order valence-corrected chi connectivity index (χ2v) is 6.15. The lowest BCUT2D eigenvalue weighted by molar-refractivity contribution is 0.250. The highest BCUT2D eigenvalue weighted by Crippen LogP contribution is 2.18. The van der Waals surface area contributed by atoms with Crippen molar-refractivity contribution in [1.29, 1.82) is 0 Å². The first-order chi connectivity index (χ1) is 12.6. The molecule has 0 aromatic heterocycles. The summed E-state index contributed by atoms with van der Waals surface area (Å²) in [6.07, 6.45) is 5.25. The second-order valence-electron chi connectivity index (χ2n) is 6.15. The van der Waals surface area contributed by atoms with E-state index in [2.05, 4.69) is 21.9 Å². The average Bonchev–Trinajstić information content (AvgIpc) is 2.61. The molecule has 0 bridgehead atoms. The fraction of sp³-hybridized carbons (Fsp3) is 0.286. The van der Waals surface area contributed by atoms with Crippen molar-refractivity contribution in [2.24, 2.45) is 0 Å². The highest BCUT2D eigenvalue weighted by molar-refractivity contribution is 5.89. The van der Waals surface area contributed by atoms with E-state index in [0.717, 1.165) is 22.6 Å². The molecule has 0 fully saturated rings. The zero-order valence-electron chi connectivity index (χ0n) is 15.2. The molecule has 5 heteroatoms. The quantitative estimate of drug-likeness (QED) is 0.638. The lowest BCUT2D eigenvalue weighted by atomic mass is 10.1. The van der Waals surface area contributed by atoms with Crippen molar-refractivity contribution in [3.05, 3.63) is 59.7 Å². The summed E-state index contributed by atoms with van der Waals surface area (Å²) in [6.45, 7) is 5.49. The van der Waals surface area contributed by atoms with Crippen LogP contribution in [0.5, 0.6) is 5.75 Å². The average molecular weight is 351 g/mol. The minimum Gasteiger partial charge on any atom is -0.481 e. The Labute approximate surface area is 155 Å². The van der Waals surface area contributed by atoms with Gasteiger partial charge in [0.2, 0.25) is 0 Å². The number of carbonyl (C=O) groups is 1. The van der Waals surface area contributed by atoms with Crippen LogP contribution in [0.2, 0.25) is 0 Å².